The molecule has 0 radical (unpaired) electrons. The van der Waals surface area contributed by atoms with E-state index in [-0.39, 0.29) is 0 Å². The maximum atomic E-state index is 9.13. The first kappa shape index (κ1) is 11.4. The van der Waals surface area contributed by atoms with E-state index in [1.807, 2.05) is 48.7 Å². The van der Waals surface area contributed by atoms with E-state index in [2.05, 4.69) is 16.7 Å². The van der Waals surface area contributed by atoms with Crippen molar-refractivity contribution in [3.63, 3.8) is 0 Å². The van der Waals surface area contributed by atoms with Gasteiger partial charge in [-0.25, -0.2) is 0 Å². The standard InChI is InChI=1S/C16H13N3/c17-10-13-3-1-2-4-14(13)11-19-8-7-12-5-6-15(18)9-16(12)19/h1-9H,11,18H2. The van der Waals surface area contributed by atoms with Gasteiger partial charge in [-0.15, -0.1) is 0 Å². The van der Waals surface area contributed by atoms with Gasteiger partial charge < -0.3 is 10.3 Å². The third-order valence-electron chi connectivity index (χ3n) is 3.28. The van der Waals surface area contributed by atoms with Gasteiger partial charge in [0.05, 0.1) is 17.1 Å². The minimum absolute atomic E-state index is 0.677. The van der Waals surface area contributed by atoms with Crippen LogP contribution in [0.3, 0.4) is 0 Å². The molecule has 2 aromatic carbocycles. The van der Waals surface area contributed by atoms with Crippen molar-refractivity contribution < 1.29 is 0 Å². The largest absolute Gasteiger partial charge is 0.399 e. The number of benzene rings is 2. The van der Waals surface area contributed by atoms with Gasteiger partial charge in [-0.05, 0) is 35.2 Å². The van der Waals surface area contributed by atoms with E-state index in [1.165, 1.54) is 0 Å². The lowest BCUT2D eigenvalue weighted by molar-refractivity contribution is 0.834. The quantitative estimate of drug-likeness (QED) is 0.707. The highest BCUT2D eigenvalue weighted by molar-refractivity contribution is 5.83. The van der Waals surface area contributed by atoms with E-state index in [4.69, 9.17) is 11.0 Å². The maximum absolute atomic E-state index is 9.13. The Kier molecular flexibility index (Phi) is 2.70. The summed E-state index contributed by atoms with van der Waals surface area (Å²) in [6.07, 6.45) is 2.03. The molecule has 3 nitrogen and oxygen atoms in total. The Morgan fingerprint density at radius 3 is 2.79 bits per heavy atom. The molecule has 1 heterocycles. The Morgan fingerprint density at radius 2 is 1.95 bits per heavy atom. The lowest BCUT2D eigenvalue weighted by Gasteiger charge is -2.07. The van der Waals surface area contributed by atoms with Crippen LogP contribution in [-0.2, 0) is 6.54 Å². The summed E-state index contributed by atoms with van der Waals surface area (Å²) in [5.74, 6) is 0. The number of nitrogen functional groups attached to an aromatic ring is 1. The molecule has 3 heteroatoms. The van der Waals surface area contributed by atoms with Crippen molar-refractivity contribution >= 4 is 16.6 Å². The van der Waals surface area contributed by atoms with Crippen LogP contribution in [0.25, 0.3) is 10.9 Å². The highest BCUT2D eigenvalue weighted by Crippen LogP contribution is 2.20. The Bertz CT molecular complexity index is 778. The summed E-state index contributed by atoms with van der Waals surface area (Å²) >= 11 is 0. The van der Waals surface area contributed by atoms with E-state index in [0.29, 0.717) is 12.1 Å². The molecule has 3 rings (SSSR count). The van der Waals surface area contributed by atoms with Crippen LogP contribution in [0.2, 0.25) is 0 Å². The third-order valence-corrected chi connectivity index (χ3v) is 3.28. The predicted octanol–water partition coefficient (Wildman–Crippen LogP) is 3.14. The lowest BCUT2D eigenvalue weighted by atomic mass is 10.1. The zero-order chi connectivity index (χ0) is 13.2. The first-order chi connectivity index (χ1) is 9.28. The molecule has 0 saturated heterocycles. The fourth-order valence-corrected chi connectivity index (χ4v) is 2.29. The molecule has 0 amide bonds. The molecule has 0 aliphatic rings. The molecule has 3 aromatic rings. The molecule has 1 aromatic heterocycles. The Labute approximate surface area is 111 Å². The van der Waals surface area contributed by atoms with Crippen LogP contribution >= 0.6 is 0 Å². The summed E-state index contributed by atoms with van der Waals surface area (Å²) in [6, 6.07) is 17.8. The number of aromatic nitrogens is 1. The van der Waals surface area contributed by atoms with E-state index in [0.717, 1.165) is 22.2 Å². The van der Waals surface area contributed by atoms with E-state index in [1.54, 1.807) is 0 Å². The molecule has 0 atom stereocenters. The highest BCUT2D eigenvalue weighted by atomic mass is 15.0. The topological polar surface area (TPSA) is 54.7 Å². The van der Waals surface area contributed by atoms with Crippen LogP contribution in [0.5, 0.6) is 0 Å². The second kappa shape index (κ2) is 4.51. The number of hydrogen-bond acceptors (Lipinski definition) is 2. The number of anilines is 1. The first-order valence-corrected chi connectivity index (χ1v) is 6.10. The number of fused-ring (bicyclic) bond motifs is 1. The average molecular weight is 247 g/mol. The van der Waals surface area contributed by atoms with Crippen molar-refractivity contribution in [2.75, 3.05) is 5.73 Å². The predicted molar refractivity (Wildman–Crippen MR) is 76.6 cm³/mol. The van der Waals surface area contributed by atoms with Crippen LogP contribution in [0.15, 0.2) is 54.7 Å². The van der Waals surface area contributed by atoms with Gasteiger partial charge in [-0.1, -0.05) is 24.3 Å². The molecule has 19 heavy (non-hydrogen) atoms. The van der Waals surface area contributed by atoms with Crippen LogP contribution in [0.1, 0.15) is 11.1 Å². The van der Waals surface area contributed by atoms with Crippen LogP contribution < -0.4 is 5.73 Å². The van der Waals surface area contributed by atoms with Gasteiger partial charge in [0.15, 0.2) is 0 Å². The second-order valence-corrected chi connectivity index (χ2v) is 4.53. The van der Waals surface area contributed by atoms with Gasteiger partial charge >= 0.3 is 0 Å². The van der Waals surface area contributed by atoms with Crippen molar-refractivity contribution in [1.82, 2.24) is 4.57 Å². The number of nitrogens with zero attached hydrogens (tertiary/aromatic N) is 2. The van der Waals surface area contributed by atoms with Crippen molar-refractivity contribution in [1.29, 1.82) is 5.26 Å². The molecular weight excluding hydrogens is 234 g/mol. The molecule has 0 spiro atoms. The van der Waals surface area contributed by atoms with Gasteiger partial charge in [0, 0.05) is 18.4 Å². The Balaban J connectivity index is 2.06. The fraction of sp³-hybridized carbons (Fsp3) is 0.0625. The van der Waals surface area contributed by atoms with Gasteiger partial charge in [-0.3, -0.25) is 0 Å². The third kappa shape index (κ3) is 2.04. The van der Waals surface area contributed by atoms with E-state index < -0.39 is 0 Å². The first-order valence-electron chi connectivity index (χ1n) is 6.10. The number of rotatable bonds is 2. The smallest absolute Gasteiger partial charge is 0.0995 e. The normalized spacial score (nSPS) is 10.5. The van der Waals surface area contributed by atoms with Gasteiger partial charge in [0.1, 0.15) is 0 Å². The molecule has 0 fully saturated rings. The minimum Gasteiger partial charge on any atom is -0.399 e. The maximum Gasteiger partial charge on any atom is 0.0995 e. The molecule has 0 bridgehead atoms. The van der Waals surface area contributed by atoms with E-state index in [9.17, 15) is 0 Å². The summed E-state index contributed by atoms with van der Waals surface area (Å²) in [4.78, 5) is 0. The number of nitrogens with two attached hydrogens (primary N) is 1. The fourth-order valence-electron chi connectivity index (χ4n) is 2.29. The monoisotopic (exact) mass is 247 g/mol. The Hall–Kier alpha value is -2.73. The van der Waals surface area contributed by atoms with Crippen molar-refractivity contribution in [3.8, 4) is 6.07 Å². The Morgan fingerprint density at radius 1 is 1.11 bits per heavy atom. The van der Waals surface area contributed by atoms with Crippen LogP contribution in [0.4, 0.5) is 5.69 Å². The highest BCUT2D eigenvalue weighted by Gasteiger charge is 2.05. The number of hydrogen-bond donors (Lipinski definition) is 1. The van der Waals surface area contributed by atoms with Gasteiger partial charge in [0.2, 0.25) is 0 Å². The second-order valence-electron chi connectivity index (χ2n) is 4.53. The molecule has 2 N–H and O–H groups in total. The molecule has 0 saturated carbocycles. The van der Waals surface area contributed by atoms with Crippen molar-refractivity contribution in [2.24, 2.45) is 0 Å². The van der Waals surface area contributed by atoms with E-state index >= 15 is 0 Å². The van der Waals surface area contributed by atoms with Gasteiger partial charge in [-0.2, -0.15) is 5.26 Å². The van der Waals surface area contributed by atoms with Crippen molar-refractivity contribution in [2.45, 2.75) is 6.54 Å². The zero-order valence-corrected chi connectivity index (χ0v) is 10.4. The molecule has 92 valence electrons. The zero-order valence-electron chi connectivity index (χ0n) is 10.4. The van der Waals surface area contributed by atoms with Gasteiger partial charge in [0.25, 0.3) is 0 Å². The van der Waals surface area contributed by atoms with Crippen LogP contribution in [0, 0.1) is 11.3 Å². The SMILES string of the molecule is N#Cc1ccccc1Cn1ccc2ccc(N)cc21. The van der Waals surface area contributed by atoms with Crippen LogP contribution in [-0.4, -0.2) is 4.57 Å². The molecule has 0 unspecified atom stereocenters. The average Bonchev–Trinajstić information content (AvgIpc) is 2.82. The summed E-state index contributed by atoms with van der Waals surface area (Å²) in [6.45, 7) is 0.677. The lowest BCUT2D eigenvalue weighted by Crippen LogP contribution is -2.00. The molecular formula is C16H13N3. The summed E-state index contributed by atoms with van der Waals surface area (Å²) in [5, 5.41) is 10.3. The summed E-state index contributed by atoms with van der Waals surface area (Å²) in [7, 11) is 0. The minimum atomic E-state index is 0.677. The number of nitriles is 1. The van der Waals surface area contributed by atoms with Crippen molar-refractivity contribution in [3.05, 3.63) is 65.9 Å². The molecule has 0 aliphatic carbocycles. The molecule has 0 aliphatic heterocycles. The summed E-state index contributed by atoms with van der Waals surface area (Å²) in [5.41, 5.74) is 9.41. The summed E-state index contributed by atoms with van der Waals surface area (Å²) < 4.78 is 2.11.